The van der Waals surface area contributed by atoms with Crippen molar-refractivity contribution in [2.24, 2.45) is 0 Å². The fourth-order valence-corrected chi connectivity index (χ4v) is 4.76. The fraction of sp³-hybridized carbons (Fsp3) is 0.429. The minimum Gasteiger partial charge on any atom is -0.374 e. The zero-order valence-electron chi connectivity index (χ0n) is 17.4. The zero-order chi connectivity index (χ0) is 22.2. The van der Waals surface area contributed by atoms with Gasteiger partial charge in [-0.15, -0.1) is 0 Å². The second-order valence-corrected chi connectivity index (χ2v) is 10.7. The van der Waals surface area contributed by atoms with Crippen molar-refractivity contribution in [3.8, 4) is 0 Å². The zero-order valence-corrected chi connectivity index (χ0v) is 19.1. The van der Waals surface area contributed by atoms with Gasteiger partial charge in [0.1, 0.15) is 6.10 Å². The minimum absolute atomic E-state index is 0.0827. The number of hydrogen-bond acceptors (Lipinski definition) is 6. The Hall–Kier alpha value is -1.78. The third-order valence-electron chi connectivity index (χ3n) is 4.34. The summed E-state index contributed by atoms with van der Waals surface area (Å²) in [4.78, 5) is 0.190. The molecule has 0 aliphatic rings. The summed E-state index contributed by atoms with van der Waals surface area (Å²) in [5.41, 5.74) is 1.94. The van der Waals surface area contributed by atoms with Gasteiger partial charge >= 0.3 is 0 Å². The lowest BCUT2D eigenvalue weighted by Gasteiger charge is -2.20. The Labute approximate surface area is 179 Å². The van der Waals surface area contributed by atoms with Crippen molar-refractivity contribution < 1.29 is 25.8 Å². The summed E-state index contributed by atoms with van der Waals surface area (Å²) in [6.45, 7) is 4.03. The normalized spacial score (nSPS) is 14.4. The molecule has 0 heterocycles. The predicted octanol–water partition coefficient (Wildman–Crippen LogP) is 3.00. The van der Waals surface area contributed by atoms with Crippen LogP contribution in [0.4, 0.5) is 0 Å². The monoisotopic (exact) mass is 455 g/mol. The van der Waals surface area contributed by atoms with Crippen LogP contribution in [-0.4, -0.2) is 41.8 Å². The number of benzene rings is 2. The van der Waals surface area contributed by atoms with Crippen molar-refractivity contribution in [3.05, 3.63) is 65.7 Å². The van der Waals surface area contributed by atoms with Crippen LogP contribution in [0.1, 0.15) is 30.9 Å². The number of sulfonamides is 1. The van der Waals surface area contributed by atoms with Gasteiger partial charge in [0.15, 0.2) is 0 Å². The van der Waals surface area contributed by atoms with E-state index in [-0.39, 0.29) is 11.5 Å². The molecule has 0 amide bonds. The van der Waals surface area contributed by atoms with Crippen LogP contribution in [0, 0.1) is 6.92 Å². The topological polar surface area (TPSA) is 98.8 Å². The van der Waals surface area contributed by atoms with Crippen LogP contribution in [0.25, 0.3) is 0 Å². The number of hydrogen-bond donors (Lipinski definition) is 1. The molecule has 9 heteroatoms. The molecule has 0 spiro atoms. The average molecular weight is 456 g/mol. The summed E-state index contributed by atoms with van der Waals surface area (Å²) < 4.78 is 61.5. The highest BCUT2D eigenvalue weighted by Crippen LogP contribution is 2.14. The number of rotatable bonds is 12. The second kappa shape index (κ2) is 11.0. The van der Waals surface area contributed by atoms with Crippen LogP contribution in [0.2, 0.25) is 0 Å². The summed E-state index contributed by atoms with van der Waals surface area (Å²) in [5, 5.41) is 0. The maximum absolute atomic E-state index is 12.5. The standard InChI is InChI=1S/C21H29NO6S2/c1-17-9-13-21(14-10-17)30(25,26)22-18(2)11-12-20(28-29(3,23)24)16-27-15-19-7-5-4-6-8-19/h4-10,13-14,18,20,22H,11-12,15-16H2,1-3H3/t18-,20-/m1/s1. The Morgan fingerprint density at radius 2 is 1.57 bits per heavy atom. The molecule has 2 rings (SSSR count). The third kappa shape index (κ3) is 8.93. The average Bonchev–Trinajstić information content (AvgIpc) is 2.66. The van der Waals surface area contributed by atoms with Crippen LogP contribution in [0.15, 0.2) is 59.5 Å². The molecule has 166 valence electrons. The molecule has 2 aromatic rings. The minimum atomic E-state index is -3.67. The Morgan fingerprint density at radius 1 is 0.933 bits per heavy atom. The van der Waals surface area contributed by atoms with E-state index in [1.165, 1.54) is 0 Å². The van der Waals surface area contributed by atoms with Crippen molar-refractivity contribution in [1.82, 2.24) is 4.72 Å². The highest BCUT2D eigenvalue weighted by atomic mass is 32.2. The van der Waals surface area contributed by atoms with E-state index in [1.54, 1.807) is 31.2 Å². The lowest BCUT2D eigenvalue weighted by molar-refractivity contribution is 0.0392. The van der Waals surface area contributed by atoms with Gasteiger partial charge in [0.2, 0.25) is 10.0 Å². The molecule has 7 nitrogen and oxygen atoms in total. The first-order chi connectivity index (χ1) is 14.0. The summed E-state index contributed by atoms with van der Waals surface area (Å²) >= 11 is 0. The van der Waals surface area contributed by atoms with E-state index in [1.807, 2.05) is 37.3 Å². The summed E-state index contributed by atoms with van der Waals surface area (Å²) in [6.07, 6.45) is 0.996. The van der Waals surface area contributed by atoms with Crippen molar-refractivity contribution in [2.45, 2.75) is 50.3 Å². The van der Waals surface area contributed by atoms with Gasteiger partial charge < -0.3 is 4.74 Å². The van der Waals surface area contributed by atoms with Gasteiger partial charge in [-0.05, 0) is 44.4 Å². The number of nitrogens with one attached hydrogen (secondary N) is 1. The van der Waals surface area contributed by atoms with Crippen LogP contribution < -0.4 is 4.72 Å². The molecule has 0 radical (unpaired) electrons. The van der Waals surface area contributed by atoms with Crippen molar-refractivity contribution in [1.29, 1.82) is 0 Å². The Kier molecular flexibility index (Phi) is 8.99. The van der Waals surface area contributed by atoms with Gasteiger partial charge in [0, 0.05) is 6.04 Å². The molecule has 0 fully saturated rings. The fourth-order valence-electron chi connectivity index (χ4n) is 2.83. The van der Waals surface area contributed by atoms with Gasteiger partial charge in [-0.3, -0.25) is 4.18 Å². The highest BCUT2D eigenvalue weighted by molar-refractivity contribution is 7.89. The first-order valence-electron chi connectivity index (χ1n) is 9.64. The van der Waals surface area contributed by atoms with Crippen LogP contribution in [-0.2, 0) is 35.7 Å². The Morgan fingerprint density at radius 3 is 2.17 bits per heavy atom. The summed E-state index contributed by atoms with van der Waals surface area (Å²) in [7, 11) is -7.32. The van der Waals surface area contributed by atoms with E-state index in [0.29, 0.717) is 19.4 Å². The molecule has 0 aliphatic carbocycles. The van der Waals surface area contributed by atoms with Gasteiger partial charge in [0.05, 0.1) is 24.4 Å². The van der Waals surface area contributed by atoms with E-state index < -0.39 is 32.3 Å². The van der Waals surface area contributed by atoms with Crippen LogP contribution in [0.5, 0.6) is 0 Å². The van der Waals surface area contributed by atoms with Crippen molar-refractivity contribution in [3.63, 3.8) is 0 Å². The maximum Gasteiger partial charge on any atom is 0.264 e. The quantitative estimate of drug-likeness (QED) is 0.494. The lowest BCUT2D eigenvalue weighted by atomic mass is 10.1. The number of aryl methyl sites for hydroxylation is 1. The van der Waals surface area contributed by atoms with E-state index in [9.17, 15) is 16.8 Å². The first kappa shape index (κ1) is 24.5. The van der Waals surface area contributed by atoms with Crippen molar-refractivity contribution >= 4 is 20.1 Å². The van der Waals surface area contributed by atoms with Crippen LogP contribution >= 0.6 is 0 Å². The molecule has 30 heavy (non-hydrogen) atoms. The van der Waals surface area contributed by atoms with E-state index in [2.05, 4.69) is 4.72 Å². The first-order valence-corrected chi connectivity index (χ1v) is 12.9. The summed E-state index contributed by atoms with van der Waals surface area (Å²) in [5.74, 6) is 0. The number of ether oxygens (including phenoxy) is 1. The molecule has 0 saturated carbocycles. The molecule has 2 aromatic carbocycles. The smallest absolute Gasteiger partial charge is 0.264 e. The molecule has 0 aliphatic heterocycles. The summed E-state index contributed by atoms with van der Waals surface area (Å²) in [6, 6.07) is 15.7. The van der Waals surface area contributed by atoms with Gasteiger partial charge in [0.25, 0.3) is 10.1 Å². The molecule has 0 saturated heterocycles. The largest absolute Gasteiger partial charge is 0.374 e. The second-order valence-electron chi connectivity index (χ2n) is 7.34. The molecule has 2 atom stereocenters. The van der Waals surface area contributed by atoms with Crippen molar-refractivity contribution in [2.75, 3.05) is 12.9 Å². The molecule has 0 unspecified atom stereocenters. The maximum atomic E-state index is 12.5. The Balaban J connectivity index is 1.90. The van der Waals surface area contributed by atoms with Gasteiger partial charge in [-0.1, -0.05) is 48.0 Å². The molecule has 0 aromatic heterocycles. The Bertz CT molecular complexity index is 990. The SMILES string of the molecule is Cc1ccc(S(=O)(=O)N[C@H](C)CC[C@H](COCc2ccccc2)OS(C)(=O)=O)cc1. The van der Waals surface area contributed by atoms with Gasteiger partial charge in [-0.25, -0.2) is 13.1 Å². The lowest BCUT2D eigenvalue weighted by Crippen LogP contribution is -2.34. The molecular weight excluding hydrogens is 426 g/mol. The highest BCUT2D eigenvalue weighted by Gasteiger charge is 2.21. The third-order valence-corrected chi connectivity index (χ3v) is 6.56. The molecule has 1 N–H and O–H groups in total. The van der Waals surface area contributed by atoms with E-state index in [4.69, 9.17) is 8.92 Å². The molecular formula is C21H29NO6S2. The van der Waals surface area contributed by atoms with E-state index in [0.717, 1.165) is 17.4 Å². The molecule has 0 bridgehead atoms. The van der Waals surface area contributed by atoms with E-state index >= 15 is 0 Å². The van der Waals surface area contributed by atoms with Crippen LogP contribution in [0.3, 0.4) is 0 Å². The van der Waals surface area contributed by atoms with Gasteiger partial charge in [-0.2, -0.15) is 8.42 Å². The predicted molar refractivity (Wildman–Crippen MR) is 116 cm³/mol.